The van der Waals surface area contributed by atoms with E-state index in [0.29, 0.717) is 10.7 Å². The summed E-state index contributed by atoms with van der Waals surface area (Å²) in [6.07, 6.45) is -0.598. The second-order valence-electron chi connectivity index (χ2n) is 3.14. The minimum atomic E-state index is -3.60. The number of aliphatic hydroxyl groups is 1. The Morgan fingerprint density at radius 2 is 1.62 bits per heavy atom. The highest BCUT2D eigenvalue weighted by atomic mass is 79.9. The van der Waals surface area contributed by atoms with Crippen molar-refractivity contribution >= 4 is 39.7 Å². The number of phosphoric ester groups is 1. The fourth-order valence-corrected chi connectivity index (χ4v) is 2.92. The lowest BCUT2D eigenvalue weighted by Crippen LogP contribution is -2.16. The standard InChI is InChI=1S/C8H17Br2O5P/c1-7(5-9)14-16(12,13-4-3-11)15-8(2)6-10/h7-8,11H,3-6H2,1-2H3. The van der Waals surface area contributed by atoms with Crippen molar-refractivity contribution in [3.05, 3.63) is 0 Å². The Bertz CT molecular complexity index is 212. The zero-order chi connectivity index (χ0) is 12.6. The van der Waals surface area contributed by atoms with Gasteiger partial charge in [0.2, 0.25) is 0 Å². The number of rotatable bonds is 9. The molecule has 0 amide bonds. The van der Waals surface area contributed by atoms with E-state index in [0.717, 1.165) is 0 Å². The third-order valence-corrected chi connectivity index (χ3v) is 4.95. The normalized spacial score (nSPS) is 19.1. The van der Waals surface area contributed by atoms with Crippen LogP contribution in [-0.2, 0) is 18.1 Å². The van der Waals surface area contributed by atoms with Gasteiger partial charge < -0.3 is 5.11 Å². The molecule has 0 rings (SSSR count). The van der Waals surface area contributed by atoms with Gasteiger partial charge in [-0.05, 0) is 13.8 Å². The molecular formula is C8H17Br2O5P. The molecule has 0 saturated heterocycles. The zero-order valence-electron chi connectivity index (χ0n) is 9.27. The number of phosphoric acid groups is 1. The maximum atomic E-state index is 12.1. The Kier molecular flexibility index (Phi) is 9.61. The molecule has 0 heterocycles. The van der Waals surface area contributed by atoms with Crippen LogP contribution in [0.3, 0.4) is 0 Å². The molecule has 16 heavy (non-hydrogen) atoms. The van der Waals surface area contributed by atoms with E-state index in [1.54, 1.807) is 13.8 Å². The number of hydrogen-bond donors (Lipinski definition) is 1. The summed E-state index contributed by atoms with van der Waals surface area (Å²) in [5.41, 5.74) is 0. The van der Waals surface area contributed by atoms with Crippen molar-refractivity contribution in [3.63, 3.8) is 0 Å². The lowest BCUT2D eigenvalue weighted by atomic mass is 10.5. The van der Waals surface area contributed by atoms with Crippen LogP contribution in [0.15, 0.2) is 0 Å². The molecule has 2 atom stereocenters. The predicted molar refractivity (Wildman–Crippen MR) is 69.3 cm³/mol. The number of alkyl halides is 2. The minimum absolute atomic E-state index is 0.0821. The molecule has 0 fully saturated rings. The summed E-state index contributed by atoms with van der Waals surface area (Å²) < 4.78 is 27.4. The first-order chi connectivity index (χ1) is 7.47. The second-order valence-corrected chi connectivity index (χ2v) is 6.01. The summed E-state index contributed by atoms with van der Waals surface area (Å²) in [6.45, 7) is 3.17. The van der Waals surface area contributed by atoms with Gasteiger partial charge in [-0.3, -0.25) is 13.6 Å². The molecule has 5 nitrogen and oxygen atoms in total. The number of halogens is 2. The molecule has 98 valence electrons. The molecule has 0 aliphatic rings. The molecule has 1 N–H and O–H groups in total. The van der Waals surface area contributed by atoms with Gasteiger partial charge in [-0.25, -0.2) is 4.57 Å². The van der Waals surface area contributed by atoms with E-state index in [-0.39, 0.29) is 25.4 Å². The Labute approximate surface area is 113 Å². The monoisotopic (exact) mass is 382 g/mol. The lowest BCUT2D eigenvalue weighted by molar-refractivity contribution is 0.0646. The van der Waals surface area contributed by atoms with Crippen LogP contribution in [0.25, 0.3) is 0 Å². The molecular weight excluding hydrogens is 367 g/mol. The van der Waals surface area contributed by atoms with Crippen LogP contribution in [0, 0.1) is 0 Å². The van der Waals surface area contributed by atoms with Crippen LogP contribution in [0.4, 0.5) is 0 Å². The first kappa shape index (κ1) is 17.0. The van der Waals surface area contributed by atoms with Crippen LogP contribution >= 0.6 is 39.7 Å². The molecule has 0 aromatic heterocycles. The average molecular weight is 384 g/mol. The van der Waals surface area contributed by atoms with Gasteiger partial charge >= 0.3 is 7.82 Å². The molecule has 0 aromatic rings. The van der Waals surface area contributed by atoms with Crippen molar-refractivity contribution in [1.29, 1.82) is 0 Å². The fourth-order valence-electron chi connectivity index (χ4n) is 0.735. The summed E-state index contributed by atoms with van der Waals surface area (Å²) in [6, 6.07) is 0. The van der Waals surface area contributed by atoms with Crippen LogP contribution in [0.2, 0.25) is 0 Å². The van der Waals surface area contributed by atoms with Gasteiger partial charge in [-0.1, -0.05) is 31.9 Å². The molecule has 0 aromatic carbocycles. The van der Waals surface area contributed by atoms with Gasteiger partial charge in [0.15, 0.2) is 0 Å². The molecule has 8 heteroatoms. The van der Waals surface area contributed by atoms with E-state index in [9.17, 15) is 4.57 Å². The third-order valence-electron chi connectivity index (χ3n) is 1.39. The Morgan fingerprint density at radius 3 is 1.94 bits per heavy atom. The summed E-state index contributed by atoms with van der Waals surface area (Å²) >= 11 is 6.41. The maximum Gasteiger partial charge on any atom is 0.475 e. The van der Waals surface area contributed by atoms with Gasteiger partial charge in [0.1, 0.15) is 0 Å². The Morgan fingerprint density at radius 1 is 1.19 bits per heavy atom. The van der Waals surface area contributed by atoms with Gasteiger partial charge in [0.25, 0.3) is 0 Å². The van der Waals surface area contributed by atoms with Gasteiger partial charge in [0.05, 0.1) is 25.4 Å². The highest BCUT2D eigenvalue weighted by Crippen LogP contribution is 2.51. The van der Waals surface area contributed by atoms with Crippen LogP contribution < -0.4 is 0 Å². The Balaban J connectivity index is 4.41. The highest BCUT2D eigenvalue weighted by molar-refractivity contribution is 9.09. The van der Waals surface area contributed by atoms with Crippen molar-refractivity contribution in [2.75, 3.05) is 23.9 Å². The molecule has 0 radical (unpaired) electrons. The number of hydrogen-bond acceptors (Lipinski definition) is 5. The molecule has 2 unspecified atom stereocenters. The quantitative estimate of drug-likeness (QED) is 0.489. The zero-order valence-corrected chi connectivity index (χ0v) is 13.3. The minimum Gasteiger partial charge on any atom is -0.394 e. The largest absolute Gasteiger partial charge is 0.475 e. The van der Waals surface area contributed by atoms with E-state index in [2.05, 4.69) is 31.9 Å². The van der Waals surface area contributed by atoms with Crippen molar-refractivity contribution in [1.82, 2.24) is 0 Å². The summed E-state index contributed by atoms with van der Waals surface area (Å²) in [4.78, 5) is 0. The van der Waals surface area contributed by atoms with E-state index in [1.165, 1.54) is 0 Å². The second kappa shape index (κ2) is 9.03. The molecule has 0 aliphatic carbocycles. The Hall–Kier alpha value is 1.03. The first-order valence-corrected chi connectivity index (χ1v) is 8.52. The smallest absolute Gasteiger partial charge is 0.394 e. The molecule has 0 aliphatic heterocycles. The van der Waals surface area contributed by atoms with Crippen LogP contribution in [0.5, 0.6) is 0 Å². The fraction of sp³-hybridized carbons (Fsp3) is 1.00. The first-order valence-electron chi connectivity index (χ1n) is 4.81. The van der Waals surface area contributed by atoms with E-state index >= 15 is 0 Å². The van der Waals surface area contributed by atoms with Crippen molar-refractivity contribution < 1.29 is 23.2 Å². The summed E-state index contributed by atoms with van der Waals surface area (Å²) in [7, 11) is -3.60. The van der Waals surface area contributed by atoms with Crippen LogP contribution in [0.1, 0.15) is 13.8 Å². The highest BCUT2D eigenvalue weighted by Gasteiger charge is 2.31. The van der Waals surface area contributed by atoms with Gasteiger partial charge in [-0.15, -0.1) is 0 Å². The molecule has 0 spiro atoms. The van der Waals surface area contributed by atoms with E-state index in [1.807, 2.05) is 0 Å². The van der Waals surface area contributed by atoms with Crippen molar-refractivity contribution in [2.45, 2.75) is 26.1 Å². The molecule has 0 saturated carbocycles. The SMILES string of the molecule is CC(CBr)OP(=O)(OCCO)OC(C)CBr. The molecule has 0 bridgehead atoms. The van der Waals surface area contributed by atoms with Crippen LogP contribution in [-0.4, -0.2) is 41.2 Å². The van der Waals surface area contributed by atoms with Gasteiger partial charge in [-0.2, -0.15) is 0 Å². The lowest BCUT2D eigenvalue weighted by Gasteiger charge is -2.22. The summed E-state index contributed by atoms with van der Waals surface area (Å²) in [5.74, 6) is 0. The maximum absolute atomic E-state index is 12.1. The van der Waals surface area contributed by atoms with Crippen molar-refractivity contribution in [3.8, 4) is 0 Å². The summed E-state index contributed by atoms with van der Waals surface area (Å²) in [5, 5.41) is 9.68. The number of aliphatic hydroxyl groups excluding tert-OH is 1. The topological polar surface area (TPSA) is 65.0 Å². The predicted octanol–water partition coefficient (Wildman–Crippen LogP) is 2.70. The van der Waals surface area contributed by atoms with Gasteiger partial charge in [0, 0.05) is 10.7 Å². The third kappa shape index (κ3) is 7.37. The van der Waals surface area contributed by atoms with Crippen molar-refractivity contribution in [2.24, 2.45) is 0 Å². The average Bonchev–Trinajstić information content (AvgIpc) is 2.25. The van der Waals surface area contributed by atoms with E-state index < -0.39 is 7.82 Å². The van der Waals surface area contributed by atoms with E-state index in [4.69, 9.17) is 18.7 Å².